The van der Waals surface area contributed by atoms with Gasteiger partial charge in [-0.15, -0.1) is 0 Å². The summed E-state index contributed by atoms with van der Waals surface area (Å²) >= 11 is 3.34. The lowest BCUT2D eigenvalue weighted by atomic mass is 9.84. The number of ether oxygens (including phenoxy) is 2. The number of amidine groups is 1. The maximum atomic E-state index is 13.8. The van der Waals surface area contributed by atoms with E-state index in [1.807, 2.05) is 64.0 Å². The Morgan fingerprint density at radius 2 is 1.87 bits per heavy atom. The van der Waals surface area contributed by atoms with Gasteiger partial charge in [0, 0.05) is 51.4 Å². The third-order valence-electron chi connectivity index (χ3n) is 6.82. The van der Waals surface area contributed by atoms with E-state index in [1.165, 1.54) is 0 Å². The Hall–Kier alpha value is -2.91. The highest BCUT2D eigenvalue weighted by molar-refractivity contribution is 9.08. The van der Waals surface area contributed by atoms with Crippen LogP contribution in [0.1, 0.15) is 54.6 Å². The van der Waals surface area contributed by atoms with Crippen molar-refractivity contribution in [2.75, 3.05) is 52.4 Å². The second-order valence-electron chi connectivity index (χ2n) is 10.9. The fourth-order valence-electron chi connectivity index (χ4n) is 4.96. The molecule has 1 fully saturated rings. The first-order chi connectivity index (χ1) is 18.0. The summed E-state index contributed by atoms with van der Waals surface area (Å²) in [6, 6.07) is 13.9. The van der Waals surface area contributed by atoms with Crippen molar-refractivity contribution in [1.29, 1.82) is 0 Å². The Bertz CT molecular complexity index is 1160. The van der Waals surface area contributed by atoms with Gasteiger partial charge in [-0.2, -0.15) is 4.02 Å². The molecule has 0 spiro atoms. The van der Waals surface area contributed by atoms with E-state index in [0.717, 1.165) is 23.4 Å². The van der Waals surface area contributed by atoms with Crippen LogP contribution in [0.5, 0.6) is 5.75 Å². The van der Waals surface area contributed by atoms with Crippen LogP contribution in [-0.4, -0.2) is 75.1 Å². The normalized spacial score (nSPS) is 18.6. The van der Waals surface area contributed by atoms with E-state index in [2.05, 4.69) is 37.2 Å². The quantitative estimate of drug-likeness (QED) is 0.363. The van der Waals surface area contributed by atoms with E-state index < -0.39 is 12.6 Å². The number of benzene rings is 2. The van der Waals surface area contributed by atoms with Crippen molar-refractivity contribution >= 4 is 39.4 Å². The molecule has 1 saturated heterocycles. The van der Waals surface area contributed by atoms with Crippen molar-refractivity contribution in [3.8, 4) is 5.75 Å². The molecule has 1 aliphatic rings. The molecule has 2 aromatic carbocycles. The van der Waals surface area contributed by atoms with Gasteiger partial charge >= 0.3 is 5.97 Å². The first kappa shape index (κ1) is 29.6. The van der Waals surface area contributed by atoms with Crippen LogP contribution in [0, 0.1) is 5.92 Å². The van der Waals surface area contributed by atoms with Gasteiger partial charge in [-0.25, -0.2) is 4.79 Å². The number of aliphatic carboxylic acids is 1. The van der Waals surface area contributed by atoms with Crippen LogP contribution in [0.25, 0.3) is 0 Å². The van der Waals surface area contributed by atoms with E-state index in [-0.39, 0.29) is 29.6 Å². The van der Waals surface area contributed by atoms with E-state index >= 15 is 0 Å². The lowest BCUT2D eigenvalue weighted by Gasteiger charge is -2.28. The van der Waals surface area contributed by atoms with Crippen LogP contribution in [0.3, 0.4) is 0 Å². The molecular formula is C29H38BrN3O5. The first-order valence-electron chi connectivity index (χ1n) is 12.7. The molecule has 1 N–H and O–H groups in total. The summed E-state index contributed by atoms with van der Waals surface area (Å²) < 4.78 is 15.6. The molecule has 0 aliphatic carbocycles. The van der Waals surface area contributed by atoms with Gasteiger partial charge in [0.1, 0.15) is 11.6 Å². The molecule has 9 heteroatoms. The molecule has 2 aromatic rings. The molecule has 0 aromatic heterocycles. The van der Waals surface area contributed by atoms with Crippen LogP contribution in [0.15, 0.2) is 46.5 Å². The van der Waals surface area contributed by atoms with Crippen LogP contribution < -0.4 is 9.64 Å². The molecule has 8 nitrogen and oxygen atoms in total. The number of carboxylic acids is 1. The molecule has 0 radical (unpaired) electrons. The average Bonchev–Trinajstić information content (AvgIpc) is 3.22. The highest BCUT2D eigenvalue weighted by atomic mass is 79.9. The molecule has 0 bridgehead atoms. The van der Waals surface area contributed by atoms with Gasteiger partial charge in [0.2, 0.25) is 0 Å². The molecule has 1 heterocycles. The number of rotatable bonds is 11. The van der Waals surface area contributed by atoms with E-state index in [9.17, 15) is 14.7 Å². The Labute approximate surface area is 234 Å². The minimum atomic E-state index is -1.05. The fraction of sp³-hybridized carbons (Fsp3) is 0.483. The molecule has 38 heavy (non-hydrogen) atoms. The zero-order valence-electron chi connectivity index (χ0n) is 23.0. The Morgan fingerprint density at radius 3 is 2.42 bits per heavy atom. The predicted octanol–water partition coefficient (Wildman–Crippen LogP) is 5.16. The highest BCUT2D eigenvalue weighted by Crippen LogP contribution is 2.41. The highest BCUT2D eigenvalue weighted by Gasteiger charge is 2.40. The Balaban J connectivity index is 1.97. The standard InChI is InChI=1S/C29H38BrN3O5/c1-29(2,3)22-14-21(15-23(32(4)5)27(22)38-18-25(35)36)24(34)17-33-16-20(12-13-37-6)26(28(33)31-30)19-10-8-7-9-11-19/h7-11,14-15,20,26H,12-13,16-18H2,1-6H3,(H,35,36)/b31-28-/t20-,26+/m0/s1. The average molecular weight is 589 g/mol. The monoisotopic (exact) mass is 587 g/mol. The SMILES string of the molecule is COCC[C@H]1CN(CC(=O)c2cc(N(C)C)c(OCC(=O)O)c(C(C)(C)C)c2)/C(=N\Br)[C@@H]1c1ccccc1. The number of carbonyl (C=O) groups excluding carboxylic acids is 1. The first-order valence-corrected chi connectivity index (χ1v) is 13.4. The van der Waals surface area contributed by atoms with Gasteiger partial charge in [0.25, 0.3) is 0 Å². The van der Waals surface area contributed by atoms with Crippen LogP contribution in [-0.2, 0) is 14.9 Å². The maximum Gasteiger partial charge on any atom is 0.341 e. The van der Waals surface area contributed by atoms with Crippen LogP contribution in [0.4, 0.5) is 5.69 Å². The summed E-state index contributed by atoms with van der Waals surface area (Å²) in [5, 5.41) is 9.21. The van der Waals surface area contributed by atoms with Gasteiger partial charge in [-0.05, 0) is 35.4 Å². The second kappa shape index (κ2) is 12.8. The fourth-order valence-corrected chi connectivity index (χ4v) is 5.41. The number of hydrogen-bond donors (Lipinski definition) is 1. The third-order valence-corrected chi connectivity index (χ3v) is 7.19. The number of ketones is 1. The molecule has 3 rings (SSSR count). The minimum absolute atomic E-state index is 0.0452. The number of carboxylic acid groups (broad SMARTS) is 1. The largest absolute Gasteiger partial charge is 0.479 e. The molecule has 1 aliphatic heterocycles. The topological polar surface area (TPSA) is 91.7 Å². The van der Waals surface area contributed by atoms with Gasteiger partial charge < -0.3 is 24.4 Å². The lowest BCUT2D eigenvalue weighted by molar-refractivity contribution is -0.139. The number of anilines is 1. The number of likely N-dealkylation sites (tertiary alicyclic amines) is 1. The van der Waals surface area contributed by atoms with Gasteiger partial charge in [0.05, 0.1) is 28.4 Å². The Kier molecular flexibility index (Phi) is 9.95. The molecule has 2 atom stereocenters. The van der Waals surface area contributed by atoms with Crippen molar-refractivity contribution < 1.29 is 24.2 Å². The van der Waals surface area contributed by atoms with Crippen LogP contribution in [0.2, 0.25) is 0 Å². The summed E-state index contributed by atoms with van der Waals surface area (Å²) in [7, 11) is 5.40. The number of carbonyl (C=O) groups is 2. The van der Waals surface area contributed by atoms with Crippen molar-refractivity contribution in [2.45, 2.75) is 38.5 Å². The van der Waals surface area contributed by atoms with Crippen molar-refractivity contribution in [3.63, 3.8) is 0 Å². The lowest BCUT2D eigenvalue weighted by Crippen LogP contribution is -2.32. The Morgan fingerprint density at radius 1 is 1.18 bits per heavy atom. The zero-order valence-corrected chi connectivity index (χ0v) is 24.6. The second-order valence-corrected chi connectivity index (χ2v) is 11.2. The number of halogens is 1. The molecule has 0 saturated carbocycles. The summed E-state index contributed by atoms with van der Waals surface area (Å²) in [4.78, 5) is 28.9. The molecule has 206 valence electrons. The van der Waals surface area contributed by atoms with Crippen LogP contribution >= 0.6 is 16.1 Å². The van der Waals surface area contributed by atoms with Crippen molar-refractivity contribution in [3.05, 3.63) is 59.2 Å². The van der Waals surface area contributed by atoms with Crippen molar-refractivity contribution in [1.82, 2.24) is 4.90 Å². The molecule has 0 unspecified atom stereocenters. The van der Waals surface area contributed by atoms with E-state index in [1.54, 1.807) is 13.2 Å². The van der Waals surface area contributed by atoms with Gasteiger partial charge in [0.15, 0.2) is 12.4 Å². The smallest absolute Gasteiger partial charge is 0.341 e. The predicted molar refractivity (Wildman–Crippen MR) is 154 cm³/mol. The number of Topliss-reactive ketones (excluding diaryl/α,β-unsaturated/α-hetero) is 1. The number of methoxy groups -OCH3 is 1. The molecular weight excluding hydrogens is 550 g/mol. The molecule has 0 amide bonds. The third kappa shape index (κ3) is 6.94. The number of hydrogen-bond acceptors (Lipinski definition) is 6. The van der Waals surface area contributed by atoms with E-state index in [0.29, 0.717) is 30.2 Å². The minimum Gasteiger partial charge on any atom is -0.479 e. The van der Waals surface area contributed by atoms with Crippen molar-refractivity contribution in [2.24, 2.45) is 9.94 Å². The maximum absolute atomic E-state index is 13.8. The summed E-state index contributed by atoms with van der Waals surface area (Å²) in [6.45, 7) is 7.08. The van der Waals surface area contributed by atoms with Gasteiger partial charge in [-0.1, -0.05) is 51.1 Å². The summed E-state index contributed by atoms with van der Waals surface area (Å²) in [5.74, 6) is 0.506. The van der Waals surface area contributed by atoms with E-state index in [4.69, 9.17) is 9.47 Å². The number of nitrogens with zero attached hydrogens (tertiary/aromatic N) is 3. The summed E-state index contributed by atoms with van der Waals surface area (Å²) in [5.41, 5.74) is 2.77. The zero-order chi connectivity index (χ0) is 28.0. The van der Waals surface area contributed by atoms with Gasteiger partial charge in [-0.3, -0.25) is 4.79 Å². The summed E-state index contributed by atoms with van der Waals surface area (Å²) in [6.07, 6.45) is 0.849.